The van der Waals surface area contributed by atoms with Gasteiger partial charge in [-0.15, -0.1) is 16.7 Å². The summed E-state index contributed by atoms with van der Waals surface area (Å²) in [6.45, 7) is -0.0381. The van der Waals surface area contributed by atoms with Gasteiger partial charge in [0.25, 0.3) is 0 Å². The standard InChI is InChI=1S/C13H14ClN3O4S/c14-7-6-11(18)15-8-12-16-17-13(21-12)22(19,20)9-10-4-2-1-3-5-10/h1-5H,6-9H2,(H,15,18). The Hall–Kier alpha value is -1.93. The van der Waals surface area contributed by atoms with Gasteiger partial charge in [-0.2, -0.15) is 0 Å². The highest BCUT2D eigenvalue weighted by Gasteiger charge is 2.23. The molecule has 9 heteroatoms. The van der Waals surface area contributed by atoms with Gasteiger partial charge in [-0.3, -0.25) is 4.79 Å². The van der Waals surface area contributed by atoms with Gasteiger partial charge >= 0.3 is 5.22 Å². The molecule has 0 saturated carbocycles. The largest absolute Gasteiger partial charge is 0.411 e. The van der Waals surface area contributed by atoms with Crippen LogP contribution in [0, 0.1) is 0 Å². The van der Waals surface area contributed by atoms with E-state index >= 15 is 0 Å². The van der Waals surface area contributed by atoms with Gasteiger partial charge in [0.2, 0.25) is 21.6 Å². The summed E-state index contributed by atoms with van der Waals surface area (Å²) in [5.74, 6) is -0.281. The summed E-state index contributed by atoms with van der Waals surface area (Å²) in [6.07, 6.45) is 0.162. The van der Waals surface area contributed by atoms with Gasteiger partial charge in [-0.1, -0.05) is 35.4 Å². The molecule has 0 spiro atoms. The third-order valence-electron chi connectivity index (χ3n) is 2.67. The summed E-state index contributed by atoms with van der Waals surface area (Å²) in [5, 5.41) is 9.18. The first-order valence-corrected chi connectivity index (χ1v) is 8.61. The Bertz CT molecular complexity index is 731. The first kappa shape index (κ1) is 16.4. The lowest BCUT2D eigenvalue weighted by molar-refractivity contribution is -0.120. The van der Waals surface area contributed by atoms with Gasteiger partial charge in [0.15, 0.2) is 0 Å². The molecule has 2 rings (SSSR count). The van der Waals surface area contributed by atoms with Crippen LogP contribution < -0.4 is 5.32 Å². The van der Waals surface area contributed by atoms with Crippen LogP contribution in [0.15, 0.2) is 40.0 Å². The van der Waals surface area contributed by atoms with Crippen LogP contribution in [0.2, 0.25) is 0 Å². The van der Waals surface area contributed by atoms with Crippen LogP contribution in [0.25, 0.3) is 0 Å². The van der Waals surface area contributed by atoms with Crippen molar-refractivity contribution in [2.24, 2.45) is 0 Å². The topological polar surface area (TPSA) is 102 Å². The van der Waals surface area contributed by atoms with Gasteiger partial charge in [-0.05, 0) is 5.56 Å². The molecule has 0 atom stereocenters. The first-order valence-electron chi connectivity index (χ1n) is 6.43. The van der Waals surface area contributed by atoms with Crippen LogP contribution in [0.4, 0.5) is 0 Å². The maximum Gasteiger partial charge on any atom is 0.335 e. The second-order valence-corrected chi connectivity index (χ2v) is 6.67. The summed E-state index contributed by atoms with van der Waals surface area (Å²) in [5.41, 5.74) is 0.623. The zero-order valence-electron chi connectivity index (χ0n) is 11.5. The predicted molar refractivity (Wildman–Crippen MR) is 78.8 cm³/mol. The molecular weight excluding hydrogens is 330 g/mol. The number of rotatable bonds is 7. The molecule has 0 aliphatic rings. The summed E-state index contributed by atoms with van der Waals surface area (Å²) < 4.78 is 29.4. The smallest absolute Gasteiger partial charge is 0.335 e. The zero-order chi connectivity index (χ0) is 16.0. The summed E-state index contributed by atoms with van der Waals surface area (Å²) >= 11 is 5.43. The van der Waals surface area contributed by atoms with Gasteiger partial charge in [-0.25, -0.2) is 8.42 Å². The lowest BCUT2D eigenvalue weighted by atomic mass is 10.2. The van der Waals surface area contributed by atoms with Crippen LogP contribution in [-0.2, 0) is 26.9 Å². The van der Waals surface area contributed by atoms with Crippen molar-refractivity contribution in [3.05, 3.63) is 41.8 Å². The number of nitrogens with one attached hydrogen (secondary N) is 1. The van der Waals surface area contributed by atoms with Crippen molar-refractivity contribution in [3.8, 4) is 0 Å². The zero-order valence-corrected chi connectivity index (χ0v) is 13.1. The van der Waals surface area contributed by atoms with Crippen molar-refractivity contribution in [2.45, 2.75) is 23.9 Å². The van der Waals surface area contributed by atoms with Crippen molar-refractivity contribution in [1.82, 2.24) is 15.5 Å². The molecule has 1 amide bonds. The molecule has 0 fully saturated rings. The van der Waals surface area contributed by atoms with E-state index in [2.05, 4.69) is 15.5 Å². The van der Waals surface area contributed by atoms with E-state index in [0.29, 0.717) is 5.56 Å². The molecule has 22 heavy (non-hydrogen) atoms. The normalized spacial score (nSPS) is 11.3. The van der Waals surface area contributed by atoms with E-state index < -0.39 is 15.1 Å². The summed E-state index contributed by atoms with van der Waals surface area (Å²) in [7, 11) is -3.72. The van der Waals surface area contributed by atoms with Gasteiger partial charge in [0.05, 0.1) is 12.3 Å². The fourth-order valence-electron chi connectivity index (χ4n) is 1.64. The van der Waals surface area contributed by atoms with Crippen molar-refractivity contribution >= 4 is 27.3 Å². The molecule has 0 aliphatic carbocycles. The van der Waals surface area contributed by atoms with E-state index in [1.165, 1.54) is 0 Å². The lowest BCUT2D eigenvalue weighted by Crippen LogP contribution is -2.22. The van der Waals surface area contributed by atoms with E-state index in [-0.39, 0.29) is 36.4 Å². The highest BCUT2D eigenvalue weighted by atomic mass is 35.5. The monoisotopic (exact) mass is 343 g/mol. The third-order valence-corrected chi connectivity index (χ3v) is 4.27. The number of benzene rings is 1. The molecule has 1 aromatic heterocycles. The average Bonchev–Trinajstić information content (AvgIpc) is 2.96. The Balaban J connectivity index is 2.02. The Morgan fingerprint density at radius 3 is 2.64 bits per heavy atom. The van der Waals surface area contributed by atoms with E-state index in [0.717, 1.165) is 0 Å². The SMILES string of the molecule is O=C(CCCl)NCc1nnc(S(=O)(=O)Cc2ccccc2)o1. The predicted octanol–water partition coefficient (Wildman–Crippen LogP) is 1.29. The van der Waals surface area contributed by atoms with Crippen LogP contribution >= 0.6 is 11.6 Å². The Morgan fingerprint density at radius 1 is 1.23 bits per heavy atom. The quantitative estimate of drug-likeness (QED) is 0.760. The molecule has 7 nitrogen and oxygen atoms in total. The number of alkyl halides is 1. The van der Waals surface area contributed by atoms with Gasteiger partial charge in [0.1, 0.15) is 0 Å². The minimum atomic E-state index is -3.72. The minimum Gasteiger partial charge on any atom is -0.411 e. The maximum atomic E-state index is 12.2. The number of hydrogen-bond acceptors (Lipinski definition) is 6. The molecule has 0 unspecified atom stereocenters. The van der Waals surface area contributed by atoms with E-state index in [4.69, 9.17) is 16.0 Å². The highest BCUT2D eigenvalue weighted by molar-refractivity contribution is 7.90. The van der Waals surface area contributed by atoms with Crippen molar-refractivity contribution in [2.75, 3.05) is 5.88 Å². The number of hydrogen-bond donors (Lipinski definition) is 1. The number of amides is 1. The van der Waals surface area contributed by atoms with Crippen LogP contribution in [-0.4, -0.2) is 30.4 Å². The molecule has 0 radical (unpaired) electrons. The average molecular weight is 344 g/mol. The minimum absolute atomic E-state index is 0.0227. The number of aromatic nitrogens is 2. The number of carbonyl (C=O) groups excluding carboxylic acids is 1. The Labute approximate surface area is 132 Å². The number of nitrogens with zero attached hydrogens (tertiary/aromatic N) is 2. The van der Waals surface area contributed by atoms with Crippen molar-refractivity contribution in [3.63, 3.8) is 0 Å². The second kappa shape index (κ2) is 7.37. The number of carbonyl (C=O) groups is 1. The molecule has 0 bridgehead atoms. The summed E-state index contributed by atoms with van der Waals surface area (Å²) in [6, 6.07) is 8.68. The van der Waals surface area contributed by atoms with Crippen molar-refractivity contribution < 1.29 is 17.6 Å². The van der Waals surface area contributed by atoms with Gasteiger partial charge < -0.3 is 9.73 Å². The molecular formula is C13H14ClN3O4S. The molecule has 2 aromatic rings. The van der Waals surface area contributed by atoms with Crippen LogP contribution in [0.1, 0.15) is 17.9 Å². The number of sulfone groups is 1. The maximum absolute atomic E-state index is 12.2. The molecule has 0 aliphatic heterocycles. The molecule has 1 heterocycles. The third kappa shape index (κ3) is 4.54. The molecule has 1 N–H and O–H groups in total. The Morgan fingerprint density at radius 2 is 1.95 bits per heavy atom. The molecule has 1 aromatic carbocycles. The van der Waals surface area contributed by atoms with Gasteiger partial charge in [0, 0.05) is 12.3 Å². The molecule has 0 saturated heterocycles. The fraction of sp³-hybridized carbons (Fsp3) is 0.308. The Kier molecular flexibility index (Phi) is 5.51. The highest BCUT2D eigenvalue weighted by Crippen LogP contribution is 2.15. The van der Waals surface area contributed by atoms with Crippen molar-refractivity contribution in [1.29, 1.82) is 0 Å². The van der Waals surface area contributed by atoms with E-state index in [9.17, 15) is 13.2 Å². The second-order valence-electron chi connectivity index (χ2n) is 4.42. The van der Waals surface area contributed by atoms with Crippen LogP contribution in [0.5, 0.6) is 0 Å². The van der Waals surface area contributed by atoms with E-state index in [1.54, 1.807) is 30.3 Å². The summed E-state index contributed by atoms with van der Waals surface area (Å²) in [4.78, 5) is 11.3. The van der Waals surface area contributed by atoms with E-state index in [1.807, 2.05) is 0 Å². The van der Waals surface area contributed by atoms with Crippen LogP contribution in [0.3, 0.4) is 0 Å². The fourth-order valence-corrected chi connectivity index (χ4v) is 2.95. The number of halogens is 1. The lowest BCUT2D eigenvalue weighted by Gasteiger charge is -2.00. The first-order chi connectivity index (χ1) is 10.5. The molecule has 118 valence electrons.